The van der Waals surface area contributed by atoms with Gasteiger partial charge < -0.3 is 0 Å². The van der Waals surface area contributed by atoms with E-state index in [9.17, 15) is 13.6 Å². The van der Waals surface area contributed by atoms with Gasteiger partial charge in [-0.05, 0) is 43.9 Å². The van der Waals surface area contributed by atoms with E-state index >= 15 is 0 Å². The molecule has 1 aromatic carbocycles. The molecule has 0 aromatic heterocycles. The zero-order valence-electron chi connectivity index (χ0n) is 13.0. The van der Waals surface area contributed by atoms with Gasteiger partial charge >= 0.3 is 58.2 Å². The summed E-state index contributed by atoms with van der Waals surface area (Å²) in [5.41, 5.74) is 1.28. The van der Waals surface area contributed by atoms with Crippen LogP contribution < -0.4 is 58.2 Å². The van der Waals surface area contributed by atoms with Crippen LogP contribution in [-0.4, -0.2) is 5.78 Å². The van der Waals surface area contributed by atoms with Crippen LogP contribution in [0.1, 0.15) is 50.5 Å². The monoisotopic (exact) mass is 374 g/mol. The Labute approximate surface area is 179 Å². The Morgan fingerprint density at radius 2 is 1.73 bits per heavy atom. The van der Waals surface area contributed by atoms with E-state index in [-0.39, 0.29) is 58.2 Å². The van der Waals surface area contributed by atoms with E-state index in [0.717, 1.165) is 37.7 Å². The summed E-state index contributed by atoms with van der Waals surface area (Å²) in [7, 11) is 0. The first-order chi connectivity index (χ1) is 10.1. The Hall–Kier alpha value is 0.295. The van der Waals surface area contributed by atoms with E-state index in [0.29, 0.717) is 36.0 Å². The van der Waals surface area contributed by atoms with Crippen molar-refractivity contribution in [2.24, 2.45) is 11.8 Å². The summed E-state index contributed by atoms with van der Waals surface area (Å²) < 4.78 is 27.0. The normalized spacial score (nSPS) is 22.9. The molecule has 0 amide bonds. The fourth-order valence-electron chi connectivity index (χ4n) is 3.66. The topological polar surface area (TPSA) is 17.1 Å². The summed E-state index contributed by atoms with van der Waals surface area (Å²) in [5, 5.41) is 0. The van der Waals surface area contributed by atoms with Gasteiger partial charge in [-0.25, -0.2) is 4.39 Å². The molecule has 0 heterocycles. The van der Waals surface area contributed by atoms with Crippen LogP contribution in [0.25, 0.3) is 5.57 Å². The Morgan fingerprint density at radius 3 is 2.36 bits per heavy atom. The number of carbonyl (C=O) groups excluding carboxylic acids is 1. The number of hydrogen-bond donors (Lipinski definition) is 0. The van der Waals surface area contributed by atoms with Crippen LogP contribution in [0.3, 0.4) is 0 Å². The number of carbonyl (C=O) groups is 1. The summed E-state index contributed by atoms with van der Waals surface area (Å²) in [4.78, 5) is 11.3. The number of rotatable bonds is 2. The number of hydrogen-bond acceptors (Lipinski definition) is 1. The van der Waals surface area contributed by atoms with Crippen molar-refractivity contribution in [2.45, 2.75) is 44.9 Å². The molecular weight excluding hydrogens is 356 g/mol. The predicted molar refractivity (Wildman–Crippen MR) is 77.5 cm³/mol. The van der Waals surface area contributed by atoms with Gasteiger partial charge in [0.1, 0.15) is 5.78 Å². The molecule has 0 N–H and O–H groups in total. The first kappa shape index (κ1) is 18.6. The Kier molecular flexibility index (Phi) is 7.12. The van der Waals surface area contributed by atoms with E-state index in [1.807, 2.05) is 0 Å². The number of allylic oxidation sites excluding steroid dienone is 2. The fourth-order valence-corrected chi connectivity index (χ4v) is 3.66. The maximum absolute atomic E-state index is 13.8. The molecule has 1 saturated carbocycles. The Morgan fingerprint density at radius 1 is 1.05 bits per heavy atom. The van der Waals surface area contributed by atoms with Crippen molar-refractivity contribution in [1.82, 2.24) is 0 Å². The molecule has 1 unspecified atom stereocenters. The van der Waals surface area contributed by atoms with E-state index in [1.54, 1.807) is 6.07 Å². The maximum atomic E-state index is 13.8. The van der Waals surface area contributed by atoms with Crippen LogP contribution in [0.4, 0.5) is 8.78 Å². The van der Waals surface area contributed by atoms with Gasteiger partial charge in [-0.3, -0.25) is 9.18 Å². The minimum atomic E-state index is -0.902. The van der Waals surface area contributed by atoms with Crippen molar-refractivity contribution < 1.29 is 71.8 Å². The van der Waals surface area contributed by atoms with Crippen LogP contribution >= 0.6 is 0 Å². The molecule has 0 radical (unpaired) electrons. The largest absolute Gasteiger partial charge is 1.00 e. The maximum Gasteiger partial charge on any atom is 1.00 e. The van der Waals surface area contributed by atoms with Gasteiger partial charge in [0, 0.05) is 18.7 Å². The smallest absolute Gasteiger partial charge is 0.300 e. The molecule has 112 valence electrons. The van der Waals surface area contributed by atoms with Crippen molar-refractivity contribution in [3.63, 3.8) is 0 Å². The standard InChI is InChI=1S/C18H19F2O.Rb/c19-17-3-1-2-16(18(17)20)14-6-4-12(5-7-14)13-8-10-15(21)11-9-13;/h1-2,6,12-13H,4-5,7-11H2;/q-1;+1. The van der Waals surface area contributed by atoms with Crippen LogP contribution in [0.2, 0.25) is 0 Å². The summed E-state index contributed by atoms with van der Waals surface area (Å²) >= 11 is 0. The molecular formula is C18H19F2ORb. The molecule has 0 aliphatic heterocycles. The van der Waals surface area contributed by atoms with Crippen LogP contribution in [-0.2, 0) is 4.79 Å². The molecule has 3 rings (SSSR count). The minimum Gasteiger partial charge on any atom is -0.300 e. The fraction of sp³-hybridized carbons (Fsp3) is 0.500. The zero-order chi connectivity index (χ0) is 14.8. The molecule has 4 heteroatoms. The average Bonchev–Trinajstić information content (AvgIpc) is 2.51. The third kappa shape index (κ3) is 4.22. The van der Waals surface area contributed by atoms with Crippen LogP contribution in [0.15, 0.2) is 18.2 Å². The SMILES string of the molecule is O=C1CCC(C2CC=C(c3cc[c-]c(F)c3F)CC2)CC1.[Rb+]. The number of benzene rings is 1. The van der Waals surface area contributed by atoms with Gasteiger partial charge in [0.25, 0.3) is 0 Å². The first-order valence-electron chi connectivity index (χ1n) is 7.72. The number of halogens is 2. The van der Waals surface area contributed by atoms with Crippen molar-refractivity contribution in [2.75, 3.05) is 0 Å². The predicted octanol–water partition coefficient (Wildman–Crippen LogP) is 1.71. The summed E-state index contributed by atoms with van der Waals surface area (Å²) in [5.74, 6) is -0.0978. The van der Waals surface area contributed by atoms with Crippen molar-refractivity contribution in [3.8, 4) is 0 Å². The summed E-state index contributed by atoms with van der Waals surface area (Å²) in [6.45, 7) is 0. The van der Waals surface area contributed by atoms with Gasteiger partial charge in [0.15, 0.2) is 0 Å². The molecule has 1 nitrogen and oxygen atoms in total. The van der Waals surface area contributed by atoms with Crippen LogP contribution in [0.5, 0.6) is 0 Å². The van der Waals surface area contributed by atoms with E-state index in [1.165, 1.54) is 6.07 Å². The number of Topliss-reactive ketones (excluding diaryl/α,β-unsaturated/α-hetero) is 1. The molecule has 1 atom stereocenters. The van der Waals surface area contributed by atoms with Crippen molar-refractivity contribution >= 4 is 11.4 Å². The quantitative estimate of drug-likeness (QED) is 0.720. The van der Waals surface area contributed by atoms with Gasteiger partial charge in [0.2, 0.25) is 0 Å². The van der Waals surface area contributed by atoms with Crippen molar-refractivity contribution in [1.29, 1.82) is 0 Å². The van der Waals surface area contributed by atoms with Gasteiger partial charge in [-0.1, -0.05) is 17.2 Å². The molecule has 1 fully saturated rings. The summed E-state index contributed by atoms with van der Waals surface area (Å²) in [6.07, 6.45) is 8.18. The molecule has 0 spiro atoms. The Bertz CT molecular complexity index is 572. The second-order valence-electron chi connectivity index (χ2n) is 6.16. The number of ketones is 1. The second kappa shape index (κ2) is 8.41. The summed E-state index contributed by atoms with van der Waals surface area (Å²) in [6, 6.07) is 5.28. The molecule has 22 heavy (non-hydrogen) atoms. The first-order valence-corrected chi connectivity index (χ1v) is 7.72. The van der Waals surface area contributed by atoms with Crippen molar-refractivity contribution in [3.05, 3.63) is 41.5 Å². The zero-order valence-corrected chi connectivity index (χ0v) is 17.9. The van der Waals surface area contributed by atoms with E-state index in [2.05, 4.69) is 12.1 Å². The Balaban J connectivity index is 0.00000176. The van der Waals surface area contributed by atoms with Gasteiger partial charge in [0.05, 0.1) is 5.82 Å². The molecule has 1 aromatic rings. The van der Waals surface area contributed by atoms with E-state index < -0.39 is 11.6 Å². The van der Waals surface area contributed by atoms with Gasteiger partial charge in [-0.15, -0.1) is 6.07 Å². The third-order valence-corrected chi connectivity index (χ3v) is 4.94. The second-order valence-corrected chi connectivity index (χ2v) is 6.16. The molecule has 0 saturated heterocycles. The minimum absolute atomic E-state index is 0. The average molecular weight is 375 g/mol. The molecule has 2 aliphatic carbocycles. The van der Waals surface area contributed by atoms with Gasteiger partial charge in [-0.2, -0.15) is 12.1 Å². The molecule has 2 aliphatic rings. The van der Waals surface area contributed by atoms with Crippen LogP contribution in [0, 0.1) is 29.5 Å². The van der Waals surface area contributed by atoms with E-state index in [4.69, 9.17) is 0 Å². The molecule has 0 bridgehead atoms. The third-order valence-electron chi connectivity index (χ3n) is 4.94.